The predicted octanol–water partition coefficient (Wildman–Crippen LogP) is 0.956. The molecule has 0 aromatic carbocycles. The van der Waals surface area contributed by atoms with Crippen molar-refractivity contribution in [3.8, 4) is 0 Å². The first-order chi connectivity index (χ1) is 6.65. The molecule has 0 aliphatic heterocycles. The number of aromatic nitrogens is 1. The second-order valence-electron chi connectivity index (χ2n) is 2.28. The van der Waals surface area contributed by atoms with Crippen LogP contribution >= 0.6 is 15.9 Å². The van der Waals surface area contributed by atoms with Gasteiger partial charge in [0.05, 0.1) is 11.6 Å². The third kappa shape index (κ3) is 2.53. The van der Waals surface area contributed by atoms with Gasteiger partial charge in [0.15, 0.2) is 0 Å². The van der Waals surface area contributed by atoms with Crippen molar-refractivity contribution in [1.82, 2.24) is 4.98 Å². The first-order valence-corrected chi connectivity index (χ1v) is 4.44. The zero-order valence-electron chi connectivity index (χ0n) is 7.28. The zero-order valence-corrected chi connectivity index (χ0v) is 8.87. The Morgan fingerprint density at radius 3 is 2.86 bits per heavy atom. The number of nitrogens with zero attached hydrogens (tertiary/aromatic N) is 1. The molecule has 0 radical (unpaired) electrons. The van der Waals surface area contributed by atoms with Gasteiger partial charge in [-0.2, -0.15) is 0 Å². The van der Waals surface area contributed by atoms with Crippen LogP contribution in [0, 0.1) is 0 Å². The highest BCUT2D eigenvalue weighted by Gasteiger charge is 2.15. The second kappa shape index (κ2) is 4.71. The van der Waals surface area contributed by atoms with Gasteiger partial charge in [0.2, 0.25) is 0 Å². The lowest BCUT2D eigenvalue weighted by Crippen LogP contribution is -2.24. The molecule has 0 unspecified atom stereocenters. The number of nitrogens with one attached hydrogen (secondary N) is 1. The molecule has 5 nitrogen and oxygen atoms in total. The monoisotopic (exact) mass is 258 g/mol. The molecule has 1 aromatic rings. The molecule has 1 aromatic heterocycles. The van der Waals surface area contributed by atoms with Crippen LogP contribution in [-0.4, -0.2) is 24.0 Å². The first-order valence-electron chi connectivity index (χ1n) is 3.65. The maximum atomic E-state index is 11.0. The molecule has 0 aliphatic carbocycles. The van der Waals surface area contributed by atoms with E-state index in [1.165, 1.54) is 6.20 Å². The minimum atomic E-state index is -0.956. The third-order valence-electron chi connectivity index (χ3n) is 1.36. The van der Waals surface area contributed by atoms with Crippen LogP contribution in [0.25, 0.3) is 0 Å². The maximum absolute atomic E-state index is 11.0. The molecule has 1 amide bonds. The van der Waals surface area contributed by atoms with Gasteiger partial charge in [-0.3, -0.25) is 10.1 Å². The van der Waals surface area contributed by atoms with Crippen molar-refractivity contribution in [3.05, 3.63) is 22.8 Å². The standard InChI is InChI=1S/C8H7BrN2O3/c1-14-8(13)7(12)11-6-5(9)3-2-4-10-6/h2-4H,1H3,(H,10,11,12). The van der Waals surface area contributed by atoms with E-state index in [1.807, 2.05) is 0 Å². The number of ether oxygens (including phenoxy) is 1. The molecule has 14 heavy (non-hydrogen) atoms. The number of carbonyl (C=O) groups excluding carboxylic acids is 2. The van der Waals surface area contributed by atoms with Gasteiger partial charge in [-0.15, -0.1) is 0 Å². The van der Waals surface area contributed by atoms with E-state index >= 15 is 0 Å². The van der Waals surface area contributed by atoms with E-state index in [0.717, 1.165) is 7.11 Å². The molecule has 1 rings (SSSR count). The Kier molecular flexibility index (Phi) is 3.58. The number of hydrogen-bond donors (Lipinski definition) is 1. The predicted molar refractivity (Wildman–Crippen MR) is 52.6 cm³/mol. The van der Waals surface area contributed by atoms with Gasteiger partial charge in [-0.25, -0.2) is 9.78 Å². The van der Waals surface area contributed by atoms with Crippen molar-refractivity contribution < 1.29 is 14.3 Å². The van der Waals surface area contributed by atoms with Crippen LogP contribution in [-0.2, 0) is 14.3 Å². The minimum absolute atomic E-state index is 0.280. The van der Waals surface area contributed by atoms with Crippen LogP contribution in [0.4, 0.5) is 5.82 Å². The Bertz CT molecular complexity index is 367. The highest BCUT2D eigenvalue weighted by atomic mass is 79.9. The Balaban J connectivity index is 2.75. The summed E-state index contributed by atoms with van der Waals surface area (Å²) >= 11 is 3.17. The van der Waals surface area contributed by atoms with Crippen LogP contribution in [0.1, 0.15) is 0 Å². The van der Waals surface area contributed by atoms with Crippen molar-refractivity contribution in [2.24, 2.45) is 0 Å². The smallest absolute Gasteiger partial charge is 0.396 e. The molecular weight excluding hydrogens is 252 g/mol. The number of rotatable bonds is 1. The number of methoxy groups -OCH3 is 1. The van der Waals surface area contributed by atoms with Crippen LogP contribution < -0.4 is 5.32 Å². The Hall–Kier alpha value is -1.43. The van der Waals surface area contributed by atoms with Crippen molar-refractivity contribution in [2.75, 3.05) is 12.4 Å². The summed E-state index contributed by atoms with van der Waals surface area (Å²) in [5, 5.41) is 2.29. The summed E-state index contributed by atoms with van der Waals surface area (Å²) in [5.74, 6) is -1.53. The quantitative estimate of drug-likeness (QED) is 0.602. The van der Waals surface area contributed by atoms with Crippen molar-refractivity contribution in [3.63, 3.8) is 0 Å². The molecule has 1 heterocycles. The van der Waals surface area contributed by atoms with E-state index in [-0.39, 0.29) is 5.82 Å². The summed E-state index contributed by atoms with van der Waals surface area (Å²) in [6.07, 6.45) is 1.50. The highest BCUT2D eigenvalue weighted by molar-refractivity contribution is 9.10. The van der Waals surface area contributed by atoms with E-state index < -0.39 is 11.9 Å². The average Bonchev–Trinajstić information content (AvgIpc) is 2.20. The summed E-state index contributed by atoms with van der Waals surface area (Å²) in [6.45, 7) is 0. The molecule has 0 atom stereocenters. The van der Waals surface area contributed by atoms with Crippen LogP contribution in [0.3, 0.4) is 0 Å². The van der Waals surface area contributed by atoms with E-state index in [2.05, 4.69) is 31.0 Å². The Morgan fingerprint density at radius 1 is 1.57 bits per heavy atom. The van der Waals surface area contributed by atoms with Crippen molar-refractivity contribution >= 4 is 33.6 Å². The topological polar surface area (TPSA) is 68.3 Å². The van der Waals surface area contributed by atoms with Crippen molar-refractivity contribution in [1.29, 1.82) is 0 Å². The lowest BCUT2D eigenvalue weighted by molar-refractivity contribution is -0.150. The fourth-order valence-electron chi connectivity index (χ4n) is 0.729. The fraction of sp³-hybridized carbons (Fsp3) is 0.125. The number of halogens is 1. The summed E-state index contributed by atoms with van der Waals surface area (Å²) in [6, 6.07) is 3.39. The largest absolute Gasteiger partial charge is 0.462 e. The summed E-state index contributed by atoms with van der Waals surface area (Å²) in [4.78, 5) is 25.6. The molecule has 0 fully saturated rings. The maximum Gasteiger partial charge on any atom is 0.396 e. The van der Waals surface area contributed by atoms with E-state index in [0.29, 0.717) is 4.47 Å². The van der Waals surface area contributed by atoms with Crippen LogP contribution in [0.15, 0.2) is 22.8 Å². The molecule has 0 aliphatic rings. The van der Waals surface area contributed by atoms with Gasteiger partial charge >= 0.3 is 11.9 Å². The number of anilines is 1. The number of hydrogen-bond acceptors (Lipinski definition) is 4. The van der Waals surface area contributed by atoms with Gasteiger partial charge < -0.3 is 4.74 Å². The zero-order chi connectivity index (χ0) is 10.6. The van der Waals surface area contributed by atoms with E-state index in [9.17, 15) is 9.59 Å². The molecular formula is C8H7BrN2O3. The number of pyridine rings is 1. The summed E-state index contributed by atoms with van der Waals surface area (Å²) in [5.41, 5.74) is 0. The Morgan fingerprint density at radius 2 is 2.29 bits per heavy atom. The van der Waals surface area contributed by atoms with Crippen LogP contribution in [0.5, 0.6) is 0 Å². The normalized spacial score (nSPS) is 9.29. The van der Waals surface area contributed by atoms with Crippen molar-refractivity contribution in [2.45, 2.75) is 0 Å². The summed E-state index contributed by atoms with van der Waals surface area (Å²) in [7, 11) is 1.13. The third-order valence-corrected chi connectivity index (χ3v) is 2.00. The molecule has 0 saturated heterocycles. The van der Waals surface area contributed by atoms with E-state index in [1.54, 1.807) is 12.1 Å². The van der Waals surface area contributed by atoms with E-state index in [4.69, 9.17) is 0 Å². The summed E-state index contributed by atoms with van der Waals surface area (Å²) < 4.78 is 4.82. The highest BCUT2D eigenvalue weighted by Crippen LogP contribution is 2.17. The average molecular weight is 259 g/mol. The SMILES string of the molecule is COC(=O)C(=O)Nc1ncccc1Br. The first kappa shape index (κ1) is 10.6. The lowest BCUT2D eigenvalue weighted by Gasteiger charge is -2.03. The van der Waals surface area contributed by atoms with Gasteiger partial charge in [0.1, 0.15) is 5.82 Å². The number of amides is 1. The van der Waals surface area contributed by atoms with Gasteiger partial charge in [-0.1, -0.05) is 0 Å². The van der Waals surface area contributed by atoms with Gasteiger partial charge in [0.25, 0.3) is 0 Å². The molecule has 0 spiro atoms. The lowest BCUT2D eigenvalue weighted by atomic mass is 10.4. The molecule has 6 heteroatoms. The number of esters is 1. The molecule has 1 N–H and O–H groups in total. The van der Waals surface area contributed by atoms with Gasteiger partial charge in [-0.05, 0) is 28.1 Å². The number of carbonyl (C=O) groups is 2. The van der Waals surface area contributed by atoms with Gasteiger partial charge in [0, 0.05) is 6.20 Å². The Labute approximate surface area is 88.6 Å². The molecule has 74 valence electrons. The minimum Gasteiger partial charge on any atom is -0.462 e. The van der Waals surface area contributed by atoms with Crippen LogP contribution in [0.2, 0.25) is 0 Å². The second-order valence-corrected chi connectivity index (χ2v) is 3.13. The molecule has 0 saturated carbocycles. The fourth-order valence-corrected chi connectivity index (χ4v) is 1.08. The molecule has 0 bridgehead atoms.